The lowest BCUT2D eigenvalue weighted by Gasteiger charge is -2.11. The van der Waals surface area contributed by atoms with Crippen LogP contribution in [0.5, 0.6) is 0 Å². The molecule has 0 aliphatic rings. The van der Waals surface area contributed by atoms with Gasteiger partial charge < -0.3 is 15.6 Å². The minimum Gasteiger partial charge on any atom is -0.308 e. The Morgan fingerprint density at radius 1 is 0.893 bits per heavy atom. The summed E-state index contributed by atoms with van der Waals surface area (Å²) in [7, 11) is 0. The van der Waals surface area contributed by atoms with Crippen molar-refractivity contribution in [1.82, 2.24) is 15.2 Å². The maximum atomic E-state index is 12.4. The molecule has 4 rings (SSSR count). The smallest absolute Gasteiger partial charge is 0.308 e. The minimum atomic E-state index is -0.399. The molecule has 0 saturated heterocycles. The van der Waals surface area contributed by atoms with E-state index >= 15 is 0 Å². The summed E-state index contributed by atoms with van der Waals surface area (Å²) < 4.78 is 0. The number of amides is 2. The summed E-state index contributed by atoms with van der Waals surface area (Å²) in [6.07, 6.45) is 0. The van der Waals surface area contributed by atoms with Gasteiger partial charge in [0, 0.05) is 11.3 Å². The molecule has 0 spiro atoms. The van der Waals surface area contributed by atoms with E-state index in [0.717, 1.165) is 4.88 Å². The zero-order chi connectivity index (χ0) is 19.3. The average molecular weight is 389 g/mol. The molecule has 28 heavy (non-hydrogen) atoms. The molecule has 2 aromatic heterocycles. The van der Waals surface area contributed by atoms with E-state index in [0.29, 0.717) is 16.9 Å². The Morgan fingerprint density at radius 3 is 2.43 bits per heavy atom. The molecule has 4 aromatic rings. The van der Waals surface area contributed by atoms with E-state index in [2.05, 4.69) is 25.8 Å². The predicted octanol–water partition coefficient (Wildman–Crippen LogP) is 4.20. The van der Waals surface area contributed by atoms with Gasteiger partial charge in [0.2, 0.25) is 0 Å². The minimum absolute atomic E-state index is 0.269. The highest BCUT2D eigenvalue weighted by Gasteiger charge is 2.13. The lowest BCUT2D eigenvalue weighted by atomic mass is 10.1. The second-order valence-electron chi connectivity index (χ2n) is 5.82. The van der Waals surface area contributed by atoms with E-state index in [1.54, 1.807) is 36.4 Å². The second-order valence-corrected chi connectivity index (χ2v) is 6.77. The molecule has 0 unspecified atom stereocenters. The topological polar surface area (TPSA) is 99.8 Å². The molecule has 2 heterocycles. The Balaban J connectivity index is 1.60. The van der Waals surface area contributed by atoms with Gasteiger partial charge in [-0.1, -0.05) is 36.4 Å². The van der Waals surface area contributed by atoms with Crippen molar-refractivity contribution in [2.75, 3.05) is 10.6 Å². The van der Waals surface area contributed by atoms with Gasteiger partial charge in [0.25, 0.3) is 5.56 Å². The molecule has 0 radical (unpaired) electrons. The van der Waals surface area contributed by atoms with Crippen molar-refractivity contribution in [2.24, 2.45) is 0 Å². The largest absolute Gasteiger partial charge is 0.323 e. The molecule has 0 bridgehead atoms. The van der Waals surface area contributed by atoms with E-state index in [1.807, 2.05) is 35.7 Å². The Bertz CT molecular complexity index is 1160. The van der Waals surface area contributed by atoms with Gasteiger partial charge in [-0.15, -0.1) is 21.5 Å². The first-order valence-corrected chi connectivity index (χ1v) is 9.32. The highest BCUT2D eigenvalue weighted by molar-refractivity contribution is 7.13. The maximum absolute atomic E-state index is 12.4. The Hall–Kier alpha value is -3.78. The molecule has 3 N–H and O–H groups in total. The lowest BCUT2D eigenvalue weighted by molar-refractivity contribution is 0.262. The molecular weight excluding hydrogens is 374 g/mol. The summed E-state index contributed by atoms with van der Waals surface area (Å²) in [5.74, 6) is 0.279. The molecule has 0 atom stereocenters. The van der Waals surface area contributed by atoms with Gasteiger partial charge in [-0.3, -0.25) is 4.79 Å². The van der Waals surface area contributed by atoms with Crippen LogP contribution in [0.1, 0.15) is 0 Å². The van der Waals surface area contributed by atoms with Gasteiger partial charge in [0.15, 0.2) is 11.5 Å². The summed E-state index contributed by atoms with van der Waals surface area (Å²) in [5, 5.41) is 15.6. The van der Waals surface area contributed by atoms with Crippen molar-refractivity contribution >= 4 is 28.7 Å². The normalized spacial score (nSPS) is 10.4. The van der Waals surface area contributed by atoms with Gasteiger partial charge in [0.05, 0.1) is 10.6 Å². The van der Waals surface area contributed by atoms with Crippen molar-refractivity contribution in [3.8, 4) is 22.0 Å². The van der Waals surface area contributed by atoms with Gasteiger partial charge >= 0.3 is 6.03 Å². The molecule has 7 nitrogen and oxygen atoms in total. The zero-order valence-corrected chi connectivity index (χ0v) is 15.4. The number of benzene rings is 2. The van der Waals surface area contributed by atoms with Crippen LogP contribution in [0.4, 0.5) is 16.2 Å². The Labute approximate surface area is 164 Å². The van der Waals surface area contributed by atoms with Crippen LogP contribution < -0.4 is 16.2 Å². The third-order valence-electron chi connectivity index (χ3n) is 3.91. The number of aromatic amines is 1. The standard InChI is InChI=1S/C20H15N5O2S/c26-19-17(16-11-6-12-28-16)24-25-18(23-19)14-9-4-5-10-15(14)22-20(27)21-13-7-2-1-3-8-13/h1-12H,(H2,21,22,27)(H,23,25,26). The number of carbonyl (C=O) groups is 1. The number of nitrogens with one attached hydrogen (secondary N) is 3. The summed E-state index contributed by atoms with van der Waals surface area (Å²) in [4.78, 5) is 28.2. The Kier molecular flexibility index (Phi) is 4.94. The van der Waals surface area contributed by atoms with Crippen LogP contribution in [0, 0.1) is 0 Å². The fourth-order valence-electron chi connectivity index (χ4n) is 2.64. The monoisotopic (exact) mass is 389 g/mol. The first-order valence-electron chi connectivity index (χ1n) is 8.44. The highest BCUT2D eigenvalue weighted by atomic mass is 32.1. The quantitative estimate of drug-likeness (QED) is 0.487. The number of nitrogens with zero attached hydrogens (tertiary/aromatic N) is 2. The third-order valence-corrected chi connectivity index (χ3v) is 4.79. The number of para-hydroxylation sites is 2. The number of carbonyl (C=O) groups excluding carboxylic acids is 1. The van der Waals surface area contributed by atoms with Crippen molar-refractivity contribution in [3.63, 3.8) is 0 Å². The maximum Gasteiger partial charge on any atom is 0.323 e. The first-order chi connectivity index (χ1) is 13.7. The number of H-pyrrole nitrogens is 1. The van der Waals surface area contributed by atoms with Gasteiger partial charge in [0.1, 0.15) is 0 Å². The number of rotatable bonds is 4. The van der Waals surface area contributed by atoms with Crippen LogP contribution in [0.3, 0.4) is 0 Å². The third kappa shape index (κ3) is 3.81. The predicted molar refractivity (Wildman–Crippen MR) is 110 cm³/mol. The number of anilines is 2. The molecule has 0 saturated carbocycles. The molecular formula is C20H15N5O2S. The average Bonchev–Trinajstić information content (AvgIpc) is 3.23. The number of hydrogen-bond donors (Lipinski definition) is 3. The summed E-state index contributed by atoms with van der Waals surface area (Å²) in [5.41, 5.74) is 1.67. The van der Waals surface area contributed by atoms with Crippen molar-refractivity contribution in [2.45, 2.75) is 0 Å². The fourth-order valence-corrected chi connectivity index (χ4v) is 3.34. The van der Waals surface area contributed by atoms with E-state index < -0.39 is 6.03 Å². The highest BCUT2D eigenvalue weighted by Crippen LogP contribution is 2.25. The summed E-state index contributed by atoms with van der Waals surface area (Å²) >= 11 is 1.42. The molecule has 2 amide bonds. The SMILES string of the molecule is O=C(Nc1ccccc1)Nc1ccccc1-c1nnc(-c2cccs2)c(=O)[nH]1. The molecule has 0 aliphatic heterocycles. The van der Waals surface area contributed by atoms with Gasteiger partial charge in [-0.2, -0.15) is 0 Å². The van der Waals surface area contributed by atoms with Crippen LogP contribution in [0.2, 0.25) is 0 Å². The molecule has 138 valence electrons. The van der Waals surface area contributed by atoms with Crippen LogP contribution in [-0.2, 0) is 0 Å². The van der Waals surface area contributed by atoms with Gasteiger partial charge in [-0.05, 0) is 35.7 Å². The van der Waals surface area contributed by atoms with E-state index in [4.69, 9.17) is 0 Å². The van der Waals surface area contributed by atoms with E-state index in [-0.39, 0.29) is 17.1 Å². The fraction of sp³-hybridized carbons (Fsp3) is 0. The number of hydrogen-bond acceptors (Lipinski definition) is 5. The number of aromatic nitrogens is 3. The Morgan fingerprint density at radius 2 is 1.68 bits per heavy atom. The molecule has 2 aromatic carbocycles. The summed E-state index contributed by atoms with van der Waals surface area (Å²) in [6.45, 7) is 0. The van der Waals surface area contributed by atoms with Crippen molar-refractivity contribution < 1.29 is 4.79 Å². The van der Waals surface area contributed by atoms with Crippen LogP contribution in [-0.4, -0.2) is 21.2 Å². The van der Waals surface area contributed by atoms with E-state index in [1.165, 1.54) is 11.3 Å². The molecule has 0 aliphatic carbocycles. The van der Waals surface area contributed by atoms with Crippen LogP contribution in [0.25, 0.3) is 22.0 Å². The second kappa shape index (κ2) is 7.85. The number of urea groups is 1. The van der Waals surface area contributed by atoms with Crippen LogP contribution >= 0.6 is 11.3 Å². The van der Waals surface area contributed by atoms with E-state index in [9.17, 15) is 9.59 Å². The first kappa shape index (κ1) is 17.6. The van der Waals surface area contributed by atoms with Gasteiger partial charge in [-0.25, -0.2) is 4.79 Å². The summed E-state index contributed by atoms with van der Waals surface area (Å²) in [6, 6.07) is 19.4. The zero-order valence-electron chi connectivity index (χ0n) is 14.5. The lowest BCUT2D eigenvalue weighted by Crippen LogP contribution is -2.20. The van der Waals surface area contributed by atoms with Crippen molar-refractivity contribution in [1.29, 1.82) is 0 Å². The number of thiophene rings is 1. The van der Waals surface area contributed by atoms with Crippen LogP contribution in [0.15, 0.2) is 76.9 Å². The van der Waals surface area contributed by atoms with Crippen molar-refractivity contribution in [3.05, 3.63) is 82.5 Å². The molecule has 8 heteroatoms. The molecule has 0 fully saturated rings.